The minimum absolute atomic E-state index is 0.0490. The van der Waals surface area contributed by atoms with Gasteiger partial charge in [0.25, 0.3) is 0 Å². The van der Waals surface area contributed by atoms with E-state index in [1.807, 2.05) is 0 Å². The largest absolute Gasteiger partial charge is 0.343 e. The van der Waals surface area contributed by atoms with Crippen LogP contribution in [0, 0.1) is 34.9 Å². The molecule has 2 heterocycles. The van der Waals surface area contributed by atoms with Gasteiger partial charge in [0, 0.05) is 59.9 Å². The molecule has 0 N–H and O–H groups in total. The average molecular weight is 601 g/mol. The molecule has 0 saturated carbocycles. The van der Waals surface area contributed by atoms with Crippen LogP contribution in [0.4, 0.5) is 26.3 Å². The summed E-state index contributed by atoms with van der Waals surface area (Å²) in [5, 5.41) is 0.759. The number of rotatable bonds is 2. The summed E-state index contributed by atoms with van der Waals surface area (Å²) in [4.78, 5) is 27.6. The van der Waals surface area contributed by atoms with Gasteiger partial charge in [0.05, 0.1) is 33.2 Å². The second kappa shape index (κ2) is 9.57. The van der Waals surface area contributed by atoms with Gasteiger partial charge in [-0.15, -0.1) is 0 Å². The van der Waals surface area contributed by atoms with Gasteiger partial charge < -0.3 is 9.13 Å². The van der Waals surface area contributed by atoms with Crippen molar-refractivity contribution in [1.82, 2.24) is 9.13 Å². The maximum Gasteiger partial charge on any atom is 0.197 e. The SMILES string of the molecule is Cn1c2ccc(-c3c(F)cc(F)cc3F)cc2c(=O)c2cc3c(cc21)c(=O)c1cc(-c2c(F)cc(F)cc2F)ccc1n3C. The fraction of sp³-hybridized carbons (Fsp3) is 0.0588. The van der Waals surface area contributed by atoms with Crippen molar-refractivity contribution in [3.05, 3.63) is 128 Å². The van der Waals surface area contributed by atoms with Crippen LogP contribution in [-0.2, 0) is 14.1 Å². The Morgan fingerprint density at radius 1 is 0.432 bits per heavy atom. The molecule has 0 aliphatic heterocycles. The summed E-state index contributed by atoms with van der Waals surface area (Å²) in [5.41, 5.74) is -0.136. The molecule has 2 aromatic heterocycles. The highest BCUT2D eigenvalue weighted by molar-refractivity contribution is 6.04. The molecule has 0 aliphatic carbocycles. The fourth-order valence-corrected chi connectivity index (χ4v) is 6.01. The second-order valence-electron chi connectivity index (χ2n) is 10.6. The maximum absolute atomic E-state index is 14.5. The smallest absolute Gasteiger partial charge is 0.197 e. The number of fused-ring (bicyclic) bond motifs is 4. The zero-order chi connectivity index (χ0) is 31.2. The Balaban J connectivity index is 1.50. The molecule has 0 atom stereocenters. The molecule has 0 aliphatic rings. The van der Waals surface area contributed by atoms with Gasteiger partial charge in [0.2, 0.25) is 0 Å². The van der Waals surface area contributed by atoms with Gasteiger partial charge in [-0.25, -0.2) is 26.3 Å². The lowest BCUT2D eigenvalue weighted by Crippen LogP contribution is -2.13. The zero-order valence-electron chi connectivity index (χ0n) is 22.9. The molecule has 0 amide bonds. The van der Waals surface area contributed by atoms with Crippen molar-refractivity contribution in [2.75, 3.05) is 0 Å². The molecule has 0 fully saturated rings. The molecule has 7 aromatic rings. The molecule has 4 nitrogen and oxygen atoms in total. The summed E-state index contributed by atoms with van der Waals surface area (Å²) in [6.07, 6.45) is 0. The van der Waals surface area contributed by atoms with Crippen molar-refractivity contribution in [2.24, 2.45) is 14.1 Å². The minimum Gasteiger partial charge on any atom is -0.343 e. The molecule has 7 rings (SSSR count). The van der Waals surface area contributed by atoms with E-state index in [-0.39, 0.29) is 32.7 Å². The monoisotopic (exact) mass is 600 g/mol. The van der Waals surface area contributed by atoms with Crippen molar-refractivity contribution < 1.29 is 26.3 Å². The van der Waals surface area contributed by atoms with Crippen molar-refractivity contribution in [3.8, 4) is 22.3 Å². The molecule has 218 valence electrons. The third-order valence-electron chi connectivity index (χ3n) is 8.12. The molecule has 10 heteroatoms. The molecule has 0 saturated heterocycles. The first-order valence-electron chi connectivity index (χ1n) is 13.3. The number of aryl methyl sites for hydroxylation is 2. The Kier molecular flexibility index (Phi) is 5.97. The van der Waals surface area contributed by atoms with Crippen LogP contribution >= 0.6 is 0 Å². The van der Waals surface area contributed by atoms with E-state index in [2.05, 4.69) is 0 Å². The average Bonchev–Trinajstić information content (AvgIpc) is 2.97. The van der Waals surface area contributed by atoms with E-state index in [0.717, 1.165) is 0 Å². The van der Waals surface area contributed by atoms with E-state index >= 15 is 0 Å². The molecule has 5 aromatic carbocycles. The fourth-order valence-electron chi connectivity index (χ4n) is 6.01. The van der Waals surface area contributed by atoms with Gasteiger partial charge in [-0.2, -0.15) is 0 Å². The van der Waals surface area contributed by atoms with Crippen molar-refractivity contribution in [2.45, 2.75) is 0 Å². The normalized spacial score (nSPS) is 11.8. The Labute approximate surface area is 243 Å². The summed E-state index contributed by atoms with van der Waals surface area (Å²) in [7, 11) is 3.33. The van der Waals surface area contributed by atoms with Crippen LogP contribution in [0.1, 0.15) is 0 Å². The summed E-state index contributed by atoms with van der Waals surface area (Å²) in [6, 6.07) is 13.9. The van der Waals surface area contributed by atoms with E-state index < -0.39 is 56.9 Å². The predicted octanol–water partition coefficient (Wildman–Crippen LogP) is 7.87. The summed E-state index contributed by atoms with van der Waals surface area (Å²) in [6.45, 7) is 0. The number of pyridine rings is 2. The molecule has 44 heavy (non-hydrogen) atoms. The maximum atomic E-state index is 14.5. The molecular weight excluding hydrogens is 582 g/mol. The van der Waals surface area contributed by atoms with Gasteiger partial charge in [-0.1, -0.05) is 12.1 Å². The van der Waals surface area contributed by atoms with Gasteiger partial charge in [0.15, 0.2) is 10.9 Å². The van der Waals surface area contributed by atoms with Gasteiger partial charge in [-0.05, 0) is 47.5 Å². The van der Waals surface area contributed by atoms with E-state index in [0.29, 0.717) is 46.3 Å². The quantitative estimate of drug-likeness (QED) is 0.150. The lowest BCUT2D eigenvalue weighted by Gasteiger charge is -2.16. The highest BCUT2D eigenvalue weighted by Crippen LogP contribution is 2.33. The standard InChI is InChI=1S/C34H18F6N2O2/c1-41-27-5-3-15(31-23(37)9-17(35)10-24(31)38)7-19(27)33(43)21-14-30-22(13-29(21)41)34(44)20-8-16(4-6-28(20)42(30)2)32-25(39)11-18(36)12-26(32)40/h3-14H,1-2H3. The van der Waals surface area contributed by atoms with Crippen LogP contribution in [0.5, 0.6) is 0 Å². The highest BCUT2D eigenvalue weighted by atomic mass is 19.2. The van der Waals surface area contributed by atoms with Crippen LogP contribution in [0.25, 0.3) is 65.9 Å². The van der Waals surface area contributed by atoms with Crippen LogP contribution < -0.4 is 10.9 Å². The van der Waals surface area contributed by atoms with Gasteiger partial charge in [0.1, 0.15) is 34.9 Å². The number of aromatic nitrogens is 2. The van der Waals surface area contributed by atoms with Crippen LogP contribution in [0.15, 0.2) is 82.4 Å². The first kappa shape index (κ1) is 27.5. The molecule has 0 unspecified atom stereocenters. The lowest BCUT2D eigenvalue weighted by atomic mass is 9.98. The number of benzene rings is 5. The van der Waals surface area contributed by atoms with Crippen LogP contribution in [-0.4, -0.2) is 9.13 Å². The third kappa shape index (κ3) is 3.94. The Morgan fingerprint density at radius 2 is 0.750 bits per heavy atom. The molecule has 0 bridgehead atoms. The van der Waals surface area contributed by atoms with Crippen LogP contribution in [0.3, 0.4) is 0 Å². The Morgan fingerprint density at radius 3 is 1.09 bits per heavy atom. The Hall–Kier alpha value is -5.38. The summed E-state index contributed by atoms with van der Waals surface area (Å²) >= 11 is 0. The van der Waals surface area contributed by atoms with Crippen molar-refractivity contribution in [1.29, 1.82) is 0 Å². The topological polar surface area (TPSA) is 44.0 Å². The molecular formula is C34H18F6N2O2. The first-order valence-corrected chi connectivity index (χ1v) is 13.3. The lowest BCUT2D eigenvalue weighted by molar-refractivity contribution is 0.547. The third-order valence-corrected chi connectivity index (χ3v) is 8.12. The Bertz CT molecular complexity index is 2310. The van der Waals surface area contributed by atoms with Gasteiger partial charge in [-0.3, -0.25) is 9.59 Å². The zero-order valence-corrected chi connectivity index (χ0v) is 22.9. The van der Waals surface area contributed by atoms with E-state index in [1.165, 1.54) is 36.4 Å². The van der Waals surface area contributed by atoms with Gasteiger partial charge >= 0.3 is 0 Å². The second-order valence-corrected chi connectivity index (χ2v) is 10.6. The van der Waals surface area contributed by atoms with Crippen LogP contribution in [0.2, 0.25) is 0 Å². The number of hydrogen-bond donors (Lipinski definition) is 0. The predicted molar refractivity (Wildman–Crippen MR) is 158 cm³/mol. The summed E-state index contributed by atoms with van der Waals surface area (Å²) < 4.78 is 88.5. The molecule has 0 spiro atoms. The van der Waals surface area contributed by atoms with E-state index in [4.69, 9.17) is 0 Å². The minimum atomic E-state index is -1.11. The molecule has 0 radical (unpaired) electrons. The number of nitrogens with zero attached hydrogens (tertiary/aromatic N) is 2. The van der Waals surface area contributed by atoms with E-state index in [9.17, 15) is 35.9 Å². The highest BCUT2D eigenvalue weighted by Gasteiger charge is 2.20. The number of halogens is 6. The van der Waals surface area contributed by atoms with E-state index in [1.54, 1.807) is 35.4 Å². The first-order chi connectivity index (χ1) is 20.9. The number of hydrogen-bond acceptors (Lipinski definition) is 2. The van der Waals surface area contributed by atoms with Crippen molar-refractivity contribution in [3.63, 3.8) is 0 Å². The van der Waals surface area contributed by atoms with Crippen molar-refractivity contribution >= 4 is 43.6 Å². The summed E-state index contributed by atoms with van der Waals surface area (Å²) in [5.74, 6) is -6.58.